The minimum Gasteiger partial charge on any atom is -0.468 e. The standard InChI is InChI=1S/C71H56BN5O/c1-70(2,3)43-32-36-45(37-33-43)75-61-40-47(74-56-27-15-8-20-48(56)49-21-9-16-28-57(49)74)41-62-65(61)72(69-66(75)53-25-13-19-31-63(53)78-69)54-42-60(77-58-29-17-10-22-50(58)51-23-11-18-30-59(51)77)64-52-24-12-14-26-55(52)73(7)68(64)67(54)76(62)46-38-34-44(35-39-46)71(4,5)6/h8-42H,1-7H3. The van der Waals surface area contributed by atoms with Crippen molar-refractivity contribution in [3.05, 3.63) is 223 Å². The molecule has 0 amide bonds. The van der Waals surface area contributed by atoms with Crippen LogP contribution in [0.25, 0.3) is 87.8 Å². The lowest BCUT2D eigenvalue weighted by atomic mass is 9.35. The molecule has 0 saturated heterocycles. The second-order valence-corrected chi connectivity index (χ2v) is 23.8. The maximum atomic E-state index is 7.53. The summed E-state index contributed by atoms with van der Waals surface area (Å²) in [4.78, 5) is 5.13. The summed E-state index contributed by atoms with van der Waals surface area (Å²) >= 11 is 0. The van der Waals surface area contributed by atoms with Crippen molar-refractivity contribution in [2.45, 2.75) is 52.4 Å². The molecular weight excluding hydrogens is 950 g/mol. The third kappa shape index (κ3) is 6.15. The van der Waals surface area contributed by atoms with Crippen molar-refractivity contribution in [3.8, 4) is 11.4 Å². The molecule has 2 aliphatic heterocycles. The van der Waals surface area contributed by atoms with E-state index in [9.17, 15) is 0 Å². The van der Waals surface area contributed by atoms with Gasteiger partial charge < -0.3 is 27.9 Å². The molecule has 0 radical (unpaired) electrons. The van der Waals surface area contributed by atoms with Crippen LogP contribution in [0.4, 0.5) is 34.1 Å². The van der Waals surface area contributed by atoms with E-state index in [2.05, 4.69) is 284 Å². The number of nitrogens with zero attached hydrogens (tertiary/aromatic N) is 5. The van der Waals surface area contributed by atoms with E-state index in [1.807, 2.05) is 0 Å². The first-order valence-electron chi connectivity index (χ1n) is 27.4. The molecule has 0 fully saturated rings. The lowest BCUT2D eigenvalue weighted by Gasteiger charge is -2.43. The van der Waals surface area contributed by atoms with Crippen molar-refractivity contribution < 1.29 is 4.42 Å². The molecule has 0 unspecified atom stereocenters. The van der Waals surface area contributed by atoms with E-state index in [-0.39, 0.29) is 17.5 Å². The number of anilines is 6. The number of aryl methyl sites for hydroxylation is 1. The first-order valence-corrected chi connectivity index (χ1v) is 27.4. The highest BCUT2D eigenvalue weighted by Crippen LogP contribution is 2.52. The van der Waals surface area contributed by atoms with Crippen LogP contribution in [0.5, 0.6) is 0 Å². The smallest absolute Gasteiger partial charge is 0.297 e. The molecule has 0 aliphatic carbocycles. The van der Waals surface area contributed by atoms with Crippen LogP contribution in [0, 0.1) is 0 Å². The number of hydrogen-bond acceptors (Lipinski definition) is 3. The summed E-state index contributed by atoms with van der Waals surface area (Å²) in [6.45, 7) is 13.5. The Hall–Kier alpha value is -9.20. The van der Waals surface area contributed by atoms with Gasteiger partial charge in [0.25, 0.3) is 6.71 Å². The highest BCUT2D eigenvalue weighted by molar-refractivity contribution is 7.00. The van der Waals surface area contributed by atoms with Gasteiger partial charge in [-0.15, -0.1) is 0 Å². The fourth-order valence-electron chi connectivity index (χ4n) is 13.7. The van der Waals surface area contributed by atoms with Crippen LogP contribution in [0.1, 0.15) is 52.7 Å². The van der Waals surface area contributed by atoms with Gasteiger partial charge in [0, 0.05) is 73.0 Å². The maximum Gasteiger partial charge on any atom is 0.297 e. The van der Waals surface area contributed by atoms with E-state index < -0.39 is 0 Å². The minimum absolute atomic E-state index is 0.0253. The summed E-state index contributed by atoms with van der Waals surface area (Å²) in [5.74, 6) is 0. The van der Waals surface area contributed by atoms with E-state index in [1.54, 1.807) is 0 Å². The Bertz CT molecular complexity index is 4740. The molecule has 14 aromatic rings. The molecule has 2 aliphatic rings. The van der Waals surface area contributed by atoms with Gasteiger partial charge in [-0.05, 0) is 118 Å². The average molecular weight is 1010 g/mol. The SMILES string of the molecule is Cn1c2ccccc2c2c(-n3c4ccccc4c4ccccc43)cc3c(c21)N(c1ccc(C(C)(C)C)cc1)c1cc(-n2c4ccccc4c4ccccc42)cc2c1B3c1oc3ccccc3c1N2c1ccc(C(C)(C)C)cc1. The second kappa shape index (κ2) is 15.9. The molecule has 10 aromatic carbocycles. The summed E-state index contributed by atoms with van der Waals surface area (Å²) in [5.41, 5.74) is 22.6. The normalized spacial score (nSPS) is 13.5. The first kappa shape index (κ1) is 45.0. The van der Waals surface area contributed by atoms with Crippen LogP contribution >= 0.6 is 0 Å². The topological polar surface area (TPSA) is 34.4 Å². The fourth-order valence-corrected chi connectivity index (χ4v) is 13.7. The molecular formula is C71H56BN5O. The molecule has 6 nitrogen and oxygen atoms in total. The van der Waals surface area contributed by atoms with E-state index in [0.29, 0.717) is 0 Å². The van der Waals surface area contributed by atoms with Gasteiger partial charge in [0.05, 0.1) is 56.0 Å². The number of hydrogen-bond donors (Lipinski definition) is 0. The van der Waals surface area contributed by atoms with Crippen molar-refractivity contribution in [2.75, 3.05) is 9.80 Å². The van der Waals surface area contributed by atoms with Gasteiger partial charge in [0.1, 0.15) is 5.58 Å². The molecule has 374 valence electrons. The van der Waals surface area contributed by atoms with Gasteiger partial charge in [-0.3, -0.25) is 0 Å². The van der Waals surface area contributed by atoms with Crippen molar-refractivity contribution >= 4 is 134 Å². The highest BCUT2D eigenvalue weighted by atomic mass is 16.3. The minimum atomic E-state index is -0.316. The van der Waals surface area contributed by atoms with Crippen molar-refractivity contribution in [1.82, 2.24) is 13.7 Å². The van der Waals surface area contributed by atoms with E-state index in [1.165, 1.54) is 70.9 Å². The Morgan fingerprint density at radius 2 is 0.808 bits per heavy atom. The number of benzene rings is 10. The number of furan rings is 1. The molecule has 0 saturated carbocycles. The van der Waals surface area contributed by atoms with E-state index in [4.69, 9.17) is 4.42 Å². The summed E-state index contributed by atoms with van der Waals surface area (Å²) in [6.07, 6.45) is 0. The predicted octanol–water partition coefficient (Wildman–Crippen LogP) is 16.9. The van der Waals surface area contributed by atoms with Gasteiger partial charge in [0.2, 0.25) is 0 Å². The summed E-state index contributed by atoms with van der Waals surface area (Å²) < 4.78 is 15.0. The number of para-hydroxylation sites is 6. The zero-order valence-electron chi connectivity index (χ0n) is 44.9. The average Bonchev–Trinajstić information content (AvgIpc) is 2.32. The van der Waals surface area contributed by atoms with Crippen molar-refractivity contribution in [1.29, 1.82) is 0 Å². The van der Waals surface area contributed by atoms with E-state index in [0.717, 1.165) is 78.7 Å². The van der Waals surface area contributed by atoms with Crippen LogP contribution in [0.3, 0.4) is 0 Å². The Morgan fingerprint density at radius 1 is 0.385 bits per heavy atom. The molecule has 6 heterocycles. The predicted molar refractivity (Wildman–Crippen MR) is 330 cm³/mol. The quantitative estimate of drug-likeness (QED) is 0.165. The van der Waals surface area contributed by atoms with Crippen LogP contribution in [-0.2, 0) is 17.9 Å². The molecule has 4 aromatic heterocycles. The van der Waals surface area contributed by atoms with Crippen LogP contribution in [0.2, 0.25) is 0 Å². The number of rotatable bonds is 4. The van der Waals surface area contributed by atoms with Gasteiger partial charge in [-0.2, -0.15) is 0 Å². The molecule has 0 spiro atoms. The third-order valence-corrected chi connectivity index (χ3v) is 17.3. The molecule has 0 atom stereocenters. The Labute approximate surface area is 453 Å². The third-order valence-electron chi connectivity index (χ3n) is 17.3. The van der Waals surface area contributed by atoms with Crippen LogP contribution in [-0.4, -0.2) is 20.4 Å². The summed E-state index contributed by atoms with van der Waals surface area (Å²) in [6, 6.07) is 79.4. The van der Waals surface area contributed by atoms with Crippen LogP contribution < -0.4 is 26.4 Å². The molecule has 7 heteroatoms. The lowest BCUT2D eigenvalue weighted by molar-refractivity contribution is 0.590. The van der Waals surface area contributed by atoms with Crippen molar-refractivity contribution in [2.24, 2.45) is 7.05 Å². The molecule has 0 bridgehead atoms. The van der Waals surface area contributed by atoms with E-state index >= 15 is 0 Å². The number of fused-ring (bicyclic) bond motifs is 16. The zero-order chi connectivity index (χ0) is 52.5. The fraction of sp³-hybridized carbons (Fsp3) is 0.127. The Kier molecular flexibility index (Phi) is 9.20. The van der Waals surface area contributed by atoms with Crippen LogP contribution in [0.15, 0.2) is 217 Å². The number of aromatic nitrogens is 3. The summed E-state index contributed by atoms with van der Waals surface area (Å²) in [7, 11) is 2.27. The van der Waals surface area contributed by atoms with Gasteiger partial charge >= 0.3 is 0 Å². The molecule has 16 rings (SSSR count). The Balaban J connectivity index is 1.12. The van der Waals surface area contributed by atoms with Crippen molar-refractivity contribution in [3.63, 3.8) is 0 Å². The Morgan fingerprint density at radius 3 is 1.31 bits per heavy atom. The summed E-state index contributed by atoms with van der Waals surface area (Å²) in [5, 5.41) is 8.41. The second-order valence-electron chi connectivity index (χ2n) is 23.8. The lowest BCUT2D eigenvalue weighted by Crippen LogP contribution is -2.61. The van der Waals surface area contributed by atoms with Gasteiger partial charge in [-0.1, -0.05) is 169 Å². The molecule has 0 N–H and O–H groups in total. The van der Waals surface area contributed by atoms with Gasteiger partial charge in [0.15, 0.2) is 0 Å². The largest absolute Gasteiger partial charge is 0.468 e. The van der Waals surface area contributed by atoms with Gasteiger partial charge in [-0.25, -0.2) is 0 Å². The zero-order valence-corrected chi connectivity index (χ0v) is 44.9. The highest BCUT2D eigenvalue weighted by Gasteiger charge is 2.49. The molecule has 78 heavy (non-hydrogen) atoms. The first-order chi connectivity index (χ1) is 37.9. The monoisotopic (exact) mass is 1010 g/mol. The maximum absolute atomic E-state index is 7.53.